The van der Waals surface area contributed by atoms with Gasteiger partial charge in [0.2, 0.25) is 0 Å². The molecule has 0 amide bonds. The first-order valence-electron chi connectivity index (χ1n) is 22.1. The first-order valence-corrected chi connectivity index (χ1v) is 22.1. The highest BCUT2D eigenvalue weighted by Crippen LogP contribution is 2.55. The van der Waals surface area contributed by atoms with Gasteiger partial charge in [-0.1, -0.05) is 166 Å². The number of anilines is 3. The van der Waals surface area contributed by atoms with Crippen LogP contribution in [0.5, 0.6) is 0 Å². The van der Waals surface area contributed by atoms with Gasteiger partial charge in [-0.25, -0.2) is 0 Å². The fourth-order valence-corrected chi connectivity index (χ4v) is 10.7. The highest BCUT2D eigenvalue weighted by molar-refractivity contribution is 6.11. The Hall–Kier alpha value is -8.14. The average Bonchev–Trinajstić information content (AvgIpc) is 3.98. The van der Waals surface area contributed by atoms with Crippen molar-refractivity contribution >= 4 is 71.7 Å². The molecule has 0 radical (unpaired) electrons. The second-order valence-electron chi connectivity index (χ2n) is 17.6. The Balaban J connectivity index is 1.03. The van der Waals surface area contributed by atoms with Gasteiger partial charge in [0.15, 0.2) is 0 Å². The summed E-state index contributed by atoms with van der Waals surface area (Å²) in [5.41, 5.74) is 18.9. The summed E-state index contributed by atoms with van der Waals surface area (Å²) in [5.74, 6) is 0. The molecule has 0 saturated heterocycles. The molecular weight excluding hydrogens is 779 g/mol. The lowest BCUT2D eigenvalue weighted by Crippen LogP contribution is -2.21. The lowest BCUT2D eigenvalue weighted by Gasteiger charge is -2.33. The van der Waals surface area contributed by atoms with E-state index in [0.29, 0.717) is 0 Å². The molecule has 12 aromatic rings. The Labute approximate surface area is 371 Å². The number of rotatable bonds is 6. The molecule has 3 heteroatoms. The number of para-hydroxylation sites is 3. The van der Waals surface area contributed by atoms with Crippen molar-refractivity contribution < 1.29 is 8.83 Å². The summed E-state index contributed by atoms with van der Waals surface area (Å²) in [5, 5.41) is 6.90. The molecule has 2 aromatic heterocycles. The van der Waals surface area contributed by atoms with Crippen molar-refractivity contribution in [3.05, 3.63) is 223 Å². The zero-order valence-corrected chi connectivity index (χ0v) is 35.5. The van der Waals surface area contributed by atoms with Gasteiger partial charge in [-0.05, 0) is 122 Å². The number of nitrogens with zero attached hydrogens (tertiary/aromatic N) is 1. The van der Waals surface area contributed by atoms with E-state index in [-0.39, 0.29) is 5.41 Å². The molecule has 302 valence electrons. The molecule has 1 aliphatic carbocycles. The molecule has 2 heterocycles. The van der Waals surface area contributed by atoms with Crippen LogP contribution in [0.25, 0.3) is 99.2 Å². The summed E-state index contributed by atoms with van der Waals surface area (Å²) in [6.45, 7) is 4.75. The molecule has 0 bridgehead atoms. The van der Waals surface area contributed by atoms with Gasteiger partial charge < -0.3 is 13.7 Å². The van der Waals surface area contributed by atoms with Crippen LogP contribution in [-0.4, -0.2) is 0 Å². The average molecular weight is 820 g/mol. The zero-order chi connectivity index (χ0) is 42.5. The largest absolute Gasteiger partial charge is 0.456 e. The van der Waals surface area contributed by atoms with Gasteiger partial charge in [-0.2, -0.15) is 0 Å². The van der Waals surface area contributed by atoms with Gasteiger partial charge >= 0.3 is 0 Å². The molecule has 0 unspecified atom stereocenters. The van der Waals surface area contributed by atoms with Crippen molar-refractivity contribution in [1.82, 2.24) is 0 Å². The van der Waals surface area contributed by atoms with Gasteiger partial charge in [-0.15, -0.1) is 0 Å². The van der Waals surface area contributed by atoms with Crippen molar-refractivity contribution in [3.63, 3.8) is 0 Å². The monoisotopic (exact) mass is 819 g/mol. The van der Waals surface area contributed by atoms with Crippen molar-refractivity contribution in [1.29, 1.82) is 0 Å². The summed E-state index contributed by atoms with van der Waals surface area (Å²) >= 11 is 0. The van der Waals surface area contributed by atoms with Gasteiger partial charge in [0.05, 0.1) is 11.4 Å². The molecule has 0 N–H and O–H groups in total. The predicted octanol–water partition coefficient (Wildman–Crippen LogP) is 17.4. The third kappa shape index (κ3) is 5.47. The summed E-state index contributed by atoms with van der Waals surface area (Å²) < 4.78 is 12.6. The van der Waals surface area contributed by atoms with Crippen LogP contribution in [0.15, 0.2) is 221 Å². The molecular formula is C61H41NO2. The maximum Gasteiger partial charge on any atom is 0.135 e. The van der Waals surface area contributed by atoms with Crippen LogP contribution in [0.1, 0.15) is 25.0 Å². The van der Waals surface area contributed by atoms with E-state index in [1.54, 1.807) is 0 Å². The molecule has 0 aliphatic heterocycles. The Kier molecular flexibility index (Phi) is 7.95. The molecule has 0 spiro atoms. The van der Waals surface area contributed by atoms with Crippen LogP contribution in [0.4, 0.5) is 17.1 Å². The second kappa shape index (κ2) is 13.9. The maximum absolute atomic E-state index is 6.30. The Morgan fingerprint density at radius 1 is 0.359 bits per heavy atom. The number of hydrogen-bond acceptors (Lipinski definition) is 3. The minimum Gasteiger partial charge on any atom is -0.456 e. The van der Waals surface area contributed by atoms with E-state index in [1.165, 1.54) is 44.2 Å². The minimum absolute atomic E-state index is 0.242. The molecule has 0 atom stereocenters. The highest BCUT2D eigenvalue weighted by atomic mass is 16.3. The molecule has 0 saturated carbocycles. The molecule has 3 nitrogen and oxygen atoms in total. The van der Waals surface area contributed by atoms with Crippen LogP contribution in [-0.2, 0) is 5.41 Å². The first-order chi connectivity index (χ1) is 31.5. The van der Waals surface area contributed by atoms with Crippen molar-refractivity contribution in [2.45, 2.75) is 19.3 Å². The van der Waals surface area contributed by atoms with Crippen LogP contribution < -0.4 is 4.90 Å². The van der Waals surface area contributed by atoms with E-state index in [4.69, 9.17) is 8.83 Å². The molecule has 1 aliphatic rings. The minimum atomic E-state index is -0.242. The topological polar surface area (TPSA) is 29.5 Å². The lowest BCUT2D eigenvalue weighted by molar-refractivity contribution is 0.661. The smallest absolute Gasteiger partial charge is 0.135 e. The lowest BCUT2D eigenvalue weighted by atomic mass is 9.81. The number of furan rings is 2. The molecule has 13 rings (SSSR count). The maximum atomic E-state index is 6.30. The van der Waals surface area contributed by atoms with Gasteiger partial charge in [0, 0.05) is 38.2 Å². The van der Waals surface area contributed by atoms with Crippen molar-refractivity contribution in [2.75, 3.05) is 4.90 Å². The Morgan fingerprint density at radius 3 is 1.56 bits per heavy atom. The molecule has 64 heavy (non-hydrogen) atoms. The van der Waals surface area contributed by atoms with Crippen LogP contribution in [0.2, 0.25) is 0 Å². The number of hydrogen-bond donors (Lipinski definition) is 0. The van der Waals surface area contributed by atoms with Crippen LogP contribution in [0, 0.1) is 0 Å². The summed E-state index contributed by atoms with van der Waals surface area (Å²) in [6, 6.07) is 77.0. The van der Waals surface area contributed by atoms with Gasteiger partial charge in [0.1, 0.15) is 22.3 Å². The van der Waals surface area contributed by atoms with Crippen LogP contribution >= 0.6 is 0 Å². The molecule has 0 fully saturated rings. The van der Waals surface area contributed by atoms with Crippen LogP contribution in [0.3, 0.4) is 0 Å². The fourth-order valence-electron chi connectivity index (χ4n) is 10.7. The van der Waals surface area contributed by atoms with Crippen molar-refractivity contribution in [2.24, 2.45) is 0 Å². The van der Waals surface area contributed by atoms with Gasteiger partial charge in [-0.3, -0.25) is 0 Å². The SMILES string of the molecule is CC1(C)c2ccccc2-c2cccc(N(c3cccc(-c4cccc5cccc(-c6ccc7oc8ccccc8c7c6)c45)c3)c3ccccc3-c3ccc4oc5ccccc5c4c3)c21. The first kappa shape index (κ1) is 36.5. The fraction of sp³-hybridized carbons (Fsp3) is 0.0492. The van der Waals surface area contributed by atoms with Crippen molar-refractivity contribution in [3.8, 4) is 44.5 Å². The standard InChI is InChI=1S/C61H41NO2/c1-61(2)52-26-7-3-20-46(52)49-25-14-28-54(60(49)61)62(53-27-8-4-19-43(53)40-31-33-57-50(36-40)47-21-5-9-29-55(47)63-57)42-18-11-17-39(35-42)44-23-12-15-38-16-13-24-45(59(38)44)41-32-34-58-51(37-41)48-22-6-10-30-56(48)64-58/h3-37H,1-2H3. The zero-order valence-electron chi connectivity index (χ0n) is 35.5. The third-order valence-electron chi connectivity index (χ3n) is 13.6. The summed E-state index contributed by atoms with van der Waals surface area (Å²) in [4.78, 5) is 2.51. The van der Waals surface area contributed by atoms with E-state index >= 15 is 0 Å². The molecule has 10 aromatic carbocycles. The highest BCUT2D eigenvalue weighted by Gasteiger charge is 2.39. The van der Waals surface area contributed by atoms with Gasteiger partial charge in [0.25, 0.3) is 0 Å². The third-order valence-corrected chi connectivity index (χ3v) is 13.6. The Bertz CT molecular complexity index is 3840. The van der Waals surface area contributed by atoms with E-state index in [1.807, 2.05) is 24.3 Å². The van der Waals surface area contributed by atoms with E-state index < -0.39 is 0 Å². The number of fused-ring (bicyclic) bond motifs is 10. The van der Waals surface area contributed by atoms with E-state index in [0.717, 1.165) is 83.2 Å². The van der Waals surface area contributed by atoms with E-state index in [9.17, 15) is 0 Å². The summed E-state index contributed by atoms with van der Waals surface area (Å²) in [7, 11) is 0. The second-order valence-corrected chi connectivity index (χ2v) is 17.6. The quantitative estimate of drug-likeness (QED) is 0.167. The summed E-state index contributed by atoms with van der Waals surface area (Å²) in [6.07, 6.45) is 0. The predicted molar refractivity (Wildman–Crippen MR) is 267 cm³/mol. The van der Waals surface area contributed by atoms with E-state index in [2.05, 4.69) is 207 Å². The Morgan fingerprint density at radius 2 is 0.859 bits per heavy atom. The normalized spacial score (nSPS) is 13.0. The number of benzene rings is 10.